The molecule has 110 valence electrons. The molecule has 6 heteroatoms. The second-order valence-corrected chi connectivity index (χ2v) is 5.52. The van der Waals surface area contributed by atoms with Gasteiger partial charge in [-0.3, -0.25) is 9.69 Å². The van der Waals surface area contributed by atoms with Gasteiger partial charge in [-0.2, -0.15) is 0 Å². The van der Waals surface area contributed by atoms with Crippen LogP contribution in [0.5, 0.6) is 0 Å². The van der Waals surface area contributed by atoms with Crippen molar-refractivity contribution in [2.24, 2.45) is 5.41 Å². The standard InChI is InChI=1S/C14H16F3NO2/c1-14(13(19)20)2-4-18(5-3-14)8-9-6-10(15)12(17)11(16)7-9/h6-7H,2-5,8H2,1H3,(H,19,20). The average molecular weight is 287 g/mol. The Balaban J connectivity index is 2.01. The number of piperidine rings is 1. The van der Waals surface area contributed by atoms with Crippen LogP contribution in [0.2, 0.25) is 0 Å². The zero-order chi connectivity index (χ0) is 14.9. The van der Waals surface area contributed by atoms with Gasteiger partial charge < -0.3 is 5.11 Å². The summed E-state index contributed by atoms with van der Waals surface area (Å²) in [5.41, 5.74) is -0.393. The van der Waals surface area contributed by atoms with Crippen molar-refractivity contribution in [2.75, 3.05) is 13.1 Å². The van der Waals surface area contributed by atoms with Crippen molar-refractivity contribution in [2.45, 2.75) is 26.3 Å². The number of nitrogens with zero attached hydrogens (tertiary/aromatic N) is 1. The van der Waals surface area contributed by atoms with Gasteiger partial charge in [0.2, 0.25) is 0 Å². The summed E-state index contributed by atoms with van der Waals surface area (Å²) in [5, 5.41) is 9.12. The molecule has 0 spiro atoms. The summed E-state index contributed by atoms with van der Waals surface area (Å²) >= 11 is 0. The summed E-state index contributed by atoms with van der Waals surface area (Å²) in [7, 11) is 0. The maximum absolute atomic E-state index is 13.1. The van der Waals surface area contributed by atoms with Crippen LogP contribution in [0, 0.1) is 22.9 Å². The van der Waals surface area contributed by atoms with Crippen molar-refractivity contribution in [3.8, 4) is 0 Å². The summed E-state index contributed by atoms with van der Waals surface area (Å²) in [6, 6.07) is 1.95. The third kappa shape index (κ3) is 2.95. The lowest BCUT2D eigenvalue weighted by Gasteiger charge is -2.36. The van der Waals surface area contributed by atoms with E-state index in [9.17, 15) is 18.0 Å². The van der Waals surface area contributed by atoms with Crippen molar-refractivity contribution in [3.63, 3.8) is 0 Å². The highest BCUT2D eigenvalue weighted by molar-refractivity contribution is 5.74. The third-order valence-electron chi connectivity index (χ3n) is 3.93. The Morgan fingerprint density at radius 3 is 2.20 bits per heavy atom. The largest absolute Gasteiger partial charge is 0.481 e. The van der Waals surface area contributed by atoms with Gasteiger partial charge in [-0.05, 0) is 50.6 Å². The smallest absolute Gasteiger partial charge is 0.309 e. The minimum absolute atomic E-state index is 0.282. The van der Waals surface area contributed by atoms with E-state index in [-0.39, 0.29) is 6.54 Å². The van der Waals surface area contributed by atoms with Crippen molar-refractivity contribution in [1.29, 1.82) is 0 Å². The summed E-state index contributed by atoms with van der Waals surface area (Å²) in [6.07, 6.45) is 0.961. The summed E-state index contributed by atoms with van der Waals surface area (Å²) < 4.78 is 39.1. The Morgan fingerprint density at radius 1 is 1.25 bits per heavy atom. The van der Waals surface area contributed by atoms with Crippen LogP contribution in [-0.2, 0) is 11.3 Å². The summed E-state index contributed by atoms with van der Waals surface area (Å²) in [5.74, 6) is -4.69. The van der Waals surface area contributed by atoms with Gasteiger partial charge in [0.05, 0.1) is 5.41 Å². The van der Waals surface area contributed by atoms with Gasteiger partial charge >= 0.3 is 5.97 Å². The van der Waals surface area contributed by atoms with Crippen LogP contribution < -0.4 is 0 Å². The van der Waals surface area contributed by atoms with E-state index < -0.39 is 28.8 Å². The van der Waals surface area contributed by atoms with Crippen molar-refractivity contribution >= 4 is 5.97 Å². The maximum atomic E-state index is 13.1. The van der Waals surface area contributed by atoms with Gasteiger partial charge in [-0.25, -0.2) is 13.2 Å². The van der Waals surface area contributed by atoms with Gasteiger partial charge in [0, 0.05) is 6.54 Å². The van der Waals surface area contributed by atoms with E-state index in [1.165, 1.54) is 0 Å². The SMILES string of the molecule is CC1(C(=O)O)CCN(Cc2cc(F)c(F)c(F)c2)CC1. The number of carboxylic acid groups (broad SMARTS) is 1. The van der Waals surface area contributed by atoms with Crippen LogP contribution in [0.4, 0.5) is 13.2 Å². The molecule has 0 amide bonds. The molecule has 0 radical (unpaired) electrons. The monoisotopic (exact) mass is 287 g/mol. The van der Waals surface area contributed by atoms with E-state index in [1.54, 1.807) is 6.92 Å². The molecular formula is C14H16F3NO2. The summed E-state index contributed by atoms with van der Waals surface area (Å²) in [6.45, 7) is 3.04. The Bertz CT molecular complexity index is 502. The molecule has 0 saturated carbocycles. The van der Waals surface area contributed by atoms with Gasteiger partial charge in [0.1, 0.15) is 0 Å². The highest BCUT2D eigenvalue weighted by Gasteiger charge is 2.36. The molecule has 20 heavy (non-hydrogen) atoms. The highest BCUT2D eigenvalue weighted by Crippen LogP contribution is 2.31. The normalized spacial score (nSPS) is 19.0. The predicted octanol–water partition coefficient (Wildman–Crippen LogP) is 2.79. The zero-order valence-corrected chi connectivity index (χ0v) is 11.1. The minimum Gasteiger partial charge on any atom is -0.481 e. The molecule has 0 aliphatic carbocycles. The fourth-order valence-electron chi connectivity index (χ4n) is 2.38. The minimum atomic E-state index is -1.47. The Labute approximate surface area is 115 Å². The molecule has 3 nitrogen and oxygen atoms in total. The Kier molecular flexibility index (Phi) is 4.04. The van der Waals surface area contributed by atoms with E-state index in [4.69, 9.17) is 5.11 Å². The van der Waals surface area contributed by atoms with Crippen LogP contribution in [0.1, 0.15) is 25.3 Å². The average Bonchev–Trinajstić information content (AvgIpc) is 2.38. The third-order valence-corrected chi connectivity index (χ3v) is 3.93. The molecule has 1 aromatic rings. The van der Waals surface area contributed by atoms with Crippen LogP contribution >= 0.6 is 0 Å². The fraction of sp³-hybridized carbons (Fsp3) is 0.500. The van der Waals surface area contributed by atoms with Gasteiger partial charge in [0.25, 0.3) is 0 Å². The molecule has 1 N–H and O–H groups in total. The Hall–Kier alpha value is -1.56. The summed E-state index contributed by atoms with van der Waals surface area (Å²) in [4.78, 5) is 13.0. The molecule has 1 saturated heterocycles. The predicted molar refractivity (Wildman–Crippen MR) is 66.6 cm³/mol. The van der Waals surface area contributed by atoms with Gasteiger partial charge in [-0.1, -0.05) is 0 Å². The maximum Gasteiger partial charge on any atom is 0.309 e. The molecule has 1 heterocycles. The zero-order valence-electron chi connectivity index (χ0n) is 11.1. The molecular weight excluding hydrogens is 271 g/mol. The van der Waals surface area contributed by atoms with Crippen molar-refractivity contribution in [1.82, 2.24) is 4.90 Å². The van der Waals surface area contributed by atoms with Crippen molar-refractivity contribution < 1.29 is 23.1 Å². The quantitative estimate of drug-likeness (QED) is 0.869. The van der Waals surface area contributed by atoms with E-state index in [2.05, 4.69) is 0 Å². The second kappa shape index (κ2) is 5.44. The first kappa shape index (κ1) is 14.8. The first-order chi connectivity index (χ1) is 9.32. The molecule has 1 aliphatic heterocycles. The Morgan fingerprint density at radius 2 is 1.75 bits per heavy atom. The molecule has 1 aromatic carbocycles. The number of hydrogen-bond acceptors (Lipinski definition) is 2. The van der Waals surface area contributed by atoms with Crippen LogP contribution in [0.3, 0.4) is 0 Å². The number of hydrogen-bond donors (Lipinski definition) is 1. The van der Waals surface area contributed by atoms with Crippen LogP contribution in [-0.4, -0.2) is 29.1 Å². The van der Waals surface area contributed by atoms with E-state index in [1.807, 2.05) is 4.90 Å². The molecule has 0 bridgehead atoms. The lowest BCUT2D eigenvalue weighted by atomic mass is 9.80. The van der Waals surface area contributed by atoms with Gasteiger partial charge in [0.15, 0.2) is 17.5 Å². The van der Waals surface area contributed by atoms with E-state index >= 15 is 0 Å². The molecule has 1 fully saturated rings. The first-order valence-electron chi connectivity index (χ1n) is 6.41. The second-order valence-electron chi connectivity index (χ2n) is 5.52. The van der Waals surface area contributed by atoms with Gasteiger partial charge in [-0.15, -0.1) is 0 Å². The van der Waals surface area contributed by atoms with E-state index in [0.29, 0.717) is 31.5 Å². The number of aliphatic carboxylic acids is 1. The lowest BCUT2D eigenvalue weighted by molar-refractivity contribution is -0.150. The number of carbonyl (C=O) groups is 1. The molecule has 0 unspecified atom stereocenters. The number of likely N-dealkylation sites (tertiary alicyclic amines) is 1. The molecule has 1 aliphatic rings. The van der Waals surface area contributed by atoms with Crippen LogP contribution in [0.15, 0.2) is 12.1 Å². The number of carboxylic acids is 1. The van der Waals surface area contributed by atoms with E-state index in [0.717, 1.165) is 12.1 Å². The lowest BCUT2D eigenvalue weighted by Crippen LogP contribution is -2.42. The number of halogens is 3. The molecule has 2 rings (SSSR count). The van der Waals surface area contributed by atoms with Crippen LogP contribution in [0.25, 0.3) is 0 Å². The topological polar surface area (TPSA) is 40.5 Å². The highest BCUT2D eigenvalue weighted by atomic mass is 19.2. The number of rotatable bonds is 3. The molecule has 0 atom stereocenters. The number of benzene rings is 1. The molecule has 0 aromatic heterocycles. The first-order valence-corrected chi connectivity index (χ1v) is 6.41. The van der Waals surface area contributed by atoms with Crippen molar-refractivity contribution in [3.05, 3.63) is 35.1 Å². The fourth-order valence-corrected chi connectivity index (χ4v) is 2.38.